The van der Waals surface area contributed by atoms with E-state index in [1.54, 1.807) is 0 Å². The van der Waals surface area contributed by atoms with E-state index in [0.29, 0.717) is 10.2 Å². The first kappa shape index (κ1) is 15.4. The van der Waals surface area contributed by atoms with Crippen LogP contribution in [0.3, 0.4) is 0 Å². The van der Waals surface area contributed by atoms with Gasteiger partial charge in [0.15, 0.2) is 0 Å². The normalized spacial score (nSPS) is 31.6. The van der Waals surface area contributed by atoms with Gasteiger partial charge in [0, 0.05) is 10.00 Å². The molecule has 102 valence electrons. The SMILES string of the molecule is CC(C)(C)SC1CC(C(C)(C)C)CCC1CN. The summed E-state index contributed by atoms with van der Waals surface area (Å²) in [5, 5.41) is 0.762. The highest BCUT2D eigenvalue weighted by molar-refractivity contribution is 8.01. The molecular weight excluding hydrogens is 226 g/mol. The minimum Gasteiger partial charge on any atom is -0.330 e. The molecule has 1 nitrogen and oxygen atoms in total. The van der Waals surface area contributed by atoms with Gasteiger partial charge in [-0.1, -0.05) is 41.5 Å². The van der Waals surface area contributed by atoms with Crippen molar-refractivity contribution in [3.8, 4) is 0 Å². The molecule has 0 heterocycles. The molecule has 2 N–H and O–H groups in total. The Morgan fingerprint density at radius 2 is 1.65 bits per heavy atom. The molecule has 0 aromatic heterocycles. The van der Waals surface area contributed by atoms with E-state index in [2.05, 4.69) is 53.3 Å². The van der Waals surface area contributed by atoms with Gasteiger partial charge in [0.25, 0.3) is 0 Å². The lowest BCUT2D eigenvalue weighted by molar-refractivity contribution is 0.157. The summed E-state index contributed by atoms with van der Waals surface area (Å²) in [5.74, 6) is 1.60. The molecule has 0 aromatic carbocycles. The minimum absolute atomic E-state index is 0.359. The number of hydrogen-bond donors (Lipinski definition) is 1. The lowest BCUT2D eigenvalue weighted by atomic mass is 9.69. The zero-order valence-corrected chi connectivity index (χ0v) is 13.4. The van der Waals surface area contributed by atoms with Crippen molar-refractivity contribution in [1.29, 1.82) is 0 Å². The highest BCUT2D eigenvalue weighted by Crippen LogP contribution is 2.46. The quantitative estimate of drug-likeness (QED) is 0.798. The number of rotatable bonds is 2. The highest BCUT2D eigenvalue weighted by Gasteiger charge is 2.37. The smallest absolute Gasteiger partial charge is 0.00954 e. The van der Waals surface area contributed by atoms with E-state index in [0.717, 1.165) is 23.6 Å². The zero-order valence-electron chi connectivity index (χ0n) is 12.5. The van der Waals surface area contributed by atoms with Crippen LogP contribution in [0.4, 0.5) is 0 Å². The fourth-order valence-corrected chi connectivity index (χ4v) is 4.52. The number of thioether (sulfide) groups is 1. The maximum atomic E-state index is 5.95. The Hall–Kier alpha value is 0.310. The average molecular weight is 257 g/mol. The molecular formula is C15H31NS. The molecule has 1 saturated carbocycles. The van der Waals surface area contributed by atoms with Gasteiger partial charge in [-0.3, -0.25) is 0 Å². The summed E-state index contributed by atoms with van der Waals surface area (Å²) < 4.78 is 0.359. The predicted molar refractivity (Wildman–Crippen MR) is 80.5 cm³/mol. The molecule has 3 unspecified atom stereocenters. The lowest BCUT2D eigenvalue weighted by Gasteiger charge is -2.43. The maximum Gasteiger partial charge on any atom is 0.00954 e. The van der Waals surface area contributed by atoms with Crippen molar-refractivity contribution in [3.63, 3.8) is 0 Å². The minimum atomic E-state index is 0.359. The molecule has 0 aliphatic heterocycles. The van der Waals surface area contributed by atoms with Gasteiger partial charge in [0.1, 0.15) is 0 Å². The lowest BCUT2D eigenvalue weighted by Crippen LogP contribution is -2.38. The Bertz CT molecular complexity index is 236. The predicted octanol–water partition coefficient (Wildman–Crippen LogP) is 4.31. The standard InChI is InChI=1S/C15H31NS/c1-14(2,3)12-8-7-11(10-16)13(9-12)17-15(4,5)6/h11-13H,7-10,16H2,1-6H3. The Labute approximate surface area is 112 Å². The Kier molecular flexibility index (Phi) is 4.99. The summed E-state index contributed by atoms with van der Waals surface area (Å²) in [6, 6.07) is 0. The summed E-state index contributed by atoms with van der Waals surface area (Å²) >= 11 is 2.15. The number of nitrogens with two attached hydrogens (primary N) is 1. The second kappa shape index (κ2) is 5.52. The fraction of sp³-hybridized carbons (Fsp3) is 1.00. The van der Waals surface area contributed by atoms with Crippen LogP contribution in [0.25, 0.3) is 0 Å². The molecule has 1 aliphatic rings. The zero-order chi connectivity index (χ0) is 13.3. The molecule has 0 aromatic rings. The van der Waals surface area contributed by atoms with Crippen LogP contribution in [0.2, 0.25) is 0 Å². The van der Waals surface area contributed by atoms with Crippen molar-refractivity contribution >= 4 is 11.8 Å². The monoisotopic (exact) mass is 257 g/mol. The van der Waals surface area contributed by atoms with Crippen LogP contribution >= 0.6 is 11.8 Å². The van der Waals surface area contributed by atoms with Gasteiger partial charge in [0.05, 0.1) is 0 Å². The van der Waals surface area contributed by atoms with E-state index in [9.17, 15) is 0 Å². The molecule has 0 saturated heterocycles. The molecule has 0 amide bonds. The first-order valence-electron chi connectivity index (χ1n) is 7.01. The van der Waals surface area contributed by atoms with E-state index >= 15 is 0 Å². The molecule has 0 spiro atoms. The summed E-state index contributed by atoms with van der Waals surface area (Å²) in [5.41, 5.74) is 6.41. The van der Waals surface area contributed by atoms with Crippen LogP contribution in [0.5, 0.6) is 0 Å². The molecule has 17 heavy (non-hydrogen) atoms. The first-order valence-corrected chi connectivity index (χ1v) is 7.89. The molecule has 0 radical (unpaired) electrons. The third kappa shape index (κ3) is 4.82. The van der Waals surface area contributed by atoms with Gasteiger partial charge in [-0.25, -0.2) is 0 Å². The van der Waals surface area contributed by atoms with Gasteiger partial charge in [0.2, 0.25) is 0 Å². The van der Waals surface area contributed by atoms with Crippen molar-refractivity contribution in [3.05, 3.63) is 0 Å². The van der Waals surface area contributed by atoms with Crippen LogP contribution in [0, 0.1) is 17.3 Å². The topological polar surface area (TPSA) is 26.0 Å². The van der Waals surface area contributed by atoms with Crippen LogP contribution in [0.15, 0.2) is 0 Å². The van der Waals surface area contributed by atoms with Crippen molar-refractivity contribution < 1.29 is 0 Å². The van der Waals surface area contributed by atoms with Gasteiger partial charge in [-0.05, 0) is 43.1 Å². The van der Waals surface area contributed by atoms with Crippen molar-refractivity contribution in [2.75, 3.05) is 6.54 Å². The average Bonchev–Trinajstić information content (AvgIpc) is 2.13. The molecule has 1 aliphatic carbocycles. The van der Waals surface area contributed by atoms with Crippen molar-refractivity contribution in [2.45, 2.75) is 70.8 Å². The summed E-state index contributed by atoms with van der Waals surface area (Å²) in [7, 11) is 0. The summed E-state index contributed by atoms with van der Waals surface area (Å²) in [4.78, 5) is 0. The molecule has 3 atom stereocenters. The van der Waals surface area contributed by atoms with E-state index in [1.807, 2.05) is 0 Å². The molecule has 1 fully saturated rings. The Morgan fingerprint density at radius 1 is 1.06 bits per heavy atom. The summed E-state index contributed by atoms with van der Waals surface area (Å²) in [6.45, 7) is 15.0. The molecule has 2 heteroatoms. The molecule has 1 rings (SSSR count). The van der Waals surface area contributed by atoms with Crippen molar-refractivity contribution in [1.82, 2.24) is 0 Å². The largest absolute Gasteiger partial charge is 0.330 e. The highest BCUT2D eigenvalue weighted by atomic mass is 32.2. The first-order chi connectivity index (χ1) is 7.63. The van der Waals surface area contributed by atoms with E-state index in [-0.39, 0.29) is 0 Å². The third-order valence-corrected chi connectivity index (χ3v) is 5.55. The Morgan fingerprint density at radius 3 is 2.06 bits per heavy atom. The van der Waals surface area contributed by atoms with Crippen LogP contribution in [-0.4, -0.2) is 16.5 Å². The van der Waals surface area contributed by atoms with Crippen LogP contribution < -0.4 is 5.73 Å². The van der Waals surface area contributed by atoms with Gasteiger partial charge >= 0.3 is 0 Å². The second-order valence-electron chi connectivity index (χ2n) is 7.64. The molecule has 0 bridgehead atoms. The van der Waals surface area contributed by atoms with Gasteiger partial charge in [-0.15, -0.1) is 0 Å². The third-order valence-electron chi connectivity index (χ3n) is 3.96. The van der Waals surface area contributed by atoms with Crippen molar-refractivity contribution in [2.24, 2.45) is 23.0 Å². The van der Waals surface area contributed by atoms with E-state index in [1.165, 1.54) is 19.3 Å². The van der Waals surface area contributed by atoms with Gasteiger partial charge in [-0.2, -0.15) is 11.8 Å². The second-order valence-corrected chi connectivity index (χ2v) is 9.71. The van der Waals surface area contributed by atoms with E-state index < -0.39 is 0 Å². The fourth-order valence-electron chi connectivity index (χ4n) is 2.85. The van der Waals surface area contributed by atoms with Crippen LogP contribution in [0.1, 0.15) is 60.8 Å². The number of hydrogen-bond acceptors (Lipinski definition) is 2. The summed E-state index contributed by atoms with van der Waals surface area (Å²) in [6.07, 6.45) is 4.05. The van der Waals surface area contributed by atoms with E-state index in [4.69, 9.17) is 5.73 Å². The Balaban J connectivity index is 2.69. The van der Waals surface area contributed by atoms with Gasteiger partial charge < -0.3 is 5.73 Å². The maximum absolute atomic E-state index is 5.95. The van der Waals surface area contributed by atoms with Crippen LogP contribution in [-0.2, 0) is 0 Å².